The Morgan fingerprint density at radius 1 is 0.755 bits per heavy atom. The standard InChI is InChI=1S/C39H38FN3O5S/c1-2-26-41-39(45)37(27-30-14-6-3-7-15-30)42(28-31-16-12-13-21-36(31)40)38(44)29-43(49(46,47)35-19-10-5-11-20-35)32-22-24-34(25-23-32)48-33-17-8-4-9-18-33/h3-25,37H,2,26-29H2,1H3,(H,41,45). The molecule has 0 heterocycles. The fourth-order valence-corrected chi connectivity index (χ4v) is 6.72. The summed E-state index contributed by atoms with van der Waals surface area (Å²) in [4.78, 5) is 29.5. The van der Waals surface area contributed by atoms with E-state index in [9.17, 15) is 18.0 Å². The molecule has 0 aromatic heterocycles. The van der Waals surface area contributed by atoms with E-state index in [-0.39, 0.29) is 29.1 Å². The molecular formula is C39H38FN3O5S. The third-order valence-electron chi connectivity index (χ3n) is 7.83. The van der Waals surface area contributed by atoms with Gasteiger partial charge >= 0.3 is 0 Å². The molecule has 0 fully saturated rings. The van der Waals surface area contributed by atoms with E-state index in [0.717, 1.165) is 9.87 Å². The largest absolute Gasteiger partial charge is 0.457 e. The third kappa shape index (κ3) is 9.11. The number of carbonyl (C=O) groups excluding carboxylic acids is 2. The molecule has 0 spiro atoms. The van der Waals surface area contributed by atoms with Crippen molar-refractivity contribution in [2.75, 3.05) is 17.4 Å². The molecule has 0 aliphatic heterocycles. The van der Waals surface area contributed by atoms with Crippen molar-refractivity contribution in [2.45, 2.75) is 37.2 Å². The monoisotopic (exact) mass is 679 g/mol. The van der Waals surface area contributed by atoms with Crippen LogP contribution in [0.2, 0.25) is 0 Å². The van der Waals surface area contributed by atoms with Crippen molar-refractivity contribution >= 4 is 27.5 Å². The Balaban J connectivity index is 1.55. The highest BCUT2D eigenvalue weighted by molar-refractivity contribution is 7.92. The molecule has 2 amide bonds. The average Bonchev–Trinajstić information content (AvgIpc) is 3.13. The van der Waals surface area contributed by atoms with Crippen LogP contribution in [0.15, 0.2) is 144 Å². The van der Waals surface area contributed by atoms with Gasteiger partial charge in [-0.2, -0.15) is 0 Å². The summed E-state index contributed by atoms with van der Waals surface area (Å²) in [5.74, 6) is -0.575. The fourth-order valence-electron chi connectivity index (χ4n) is 5.28. The van der Waals surface area contributed by atoms with Gasteiger partial charge in [0.1, 0.15) is 29.9 Å². The van der Waals surface area contributed by atoms with E-state index in [4.69, 9.17) is 4.74 Å². The van der Waals surface area contributed by atoms with Crippen molar-refractivity contribution in [3.8, 4) is 11.5 Å². The molecular weight excluding hydrogens is 642 g/mol. The number of benzene rings is 5. The number of hydrogen-bond donors (Lipinski definition) is 1. The lowest BCUT2D eigenvalue weighted by molar-refractivity contribution is -0.140. The molecule has 252 valence electrons. The molecule has 5 aromatic carbocycles. The second kappa shape index (κ2) is 16.6. The van der Waals surface area contributed by atoms with Crippen molar-refractivity contribution < 1.29 is 27.1 Å². The number of halogens is 1. The van der Waals surface area contributed by atoms with Gasteiger partial charge in [0.15, 0.2) is 0 Å². The number of rotatable bonds is 15. The number of nitrogens with zero attached hydrogens (tertiary/aromatic N) is 2. The molecule has 0 saturated carbocycles. The zero-order valence-electron chi connectivity index (χ0n) is 27.1. The van der Waals surface area contributed by atoms with E-state index in [2.05, 4.69) is 5.32 Å². The lowest BCUT2D eigenvalue weighted by Gasteiger charge is -2.34. The van der Waals surface area contributed by atoms with E-state index in [0.29, 0.717) is 24.5 Å². The molecule has 1 unspecified atom stereocenters. The highest BCUT2D eigenvalue weighted by Gasteiger charge is 2.35. The Kier molecular flexibility index (Phi) is 11.8. The van der Waals surface area contributed by atoms with Gasteiger partial charge in [0.2, 0.25) is 11.8 Å². The van der Waals surface area contributed by atoms with Crippen LogP contribution in [0.1, 0.15) is 24.5 Å². The number of amides is 2. The Hall–Kier alpha value is -5.48. The van der Waals surface area contributed by atoms with Gasteiger partial charge in [0, 0.05) is 25.1 Å². The number of anilines is 1. The van der Waals surface area contributed by atoms with Gasteiger partial charge in [-0.25, -0.2) is 12.8 Å². The minimum absolute atomic E-state index is 0.0189. The summed E-state index contributed by atoms with van der Waals surface area (Å²) in [7, 11) is -4.28. The predicted molar refractivity (Wildman–Crippen MR) is 188 cm³/mol. The predicted octanol–water partition coefficient (Wildman–Crippen LogP) is 6.98. The summed E-state index contributed by atoms with van der Waals surface area (Å²) in [6.07, 6.45) is 0.797. The van der Waals surface area contributed by atoms with Crippen molar-refractivity contribution in [3.63, 3.8) is 0 Å². The Morgan fingerprint density at radius 3 is 1.96 bits per heavy atom. The quantitative estimate of drug-likeness (QED) is 0.129. The second-order valence-electron chi connectivity index (χ2n) is 11.3. The van der Waals surface area contributed by atoms with E-state index in [1.165, 1.54) is 23.1 Å². The van der Waals surface area contributed by atoms with Crippen LogP contribution >= 0.6 is 0 Å². The molecule has 1 N–H and O–H groups in total. The first kappa shape index (κ1) is 34.8. The molecule has 49 heavy (non-hydrogen) atoms. The first-order chi connectivity index (χ1) is 23.8. The first-order valence-corrected chi connectivity index (χ1v) is 17.5. The van der Waals surface area contributed by atoms with Gasteiger partial charge in [0.05, 0.1) is 10.6 Å². The number of sulfonamides is 1. The molecule has 8 nitrogen and oxygen atoms in total. The Labute approximate surface area is 286 Å². The summed E-state index contributed by atoms with van der Waals surface area (Å²) in [5.41, 5.74) is 1.18. The van der Waals surface area contributed by atoms with Crippen LogP contribution in [0.4, 0.5) is 10.1 Å². The molecule has 5 aromatic rings. The van der Waals surface area contributed by atoms with Crippen LogP contribution in [0.25, 0.3) is 0 Å². The maximum absolute atomic E-state index is 15.1. The minimum atomic E-state index is -4.28. The number of hydrogen-bond acceptors (Lipinski definition) is 5. The van der Waals surface area contributed by atoms with Crippen LogP contribution < -0.4 is 14.4 Å². The molecule has 10 heteroatoms. The summed E-state index contributed by atoms with van der Waals surface area (Å²) in [6.45, 7) is 1.37. The maximum Gasteiger partial charge on any atom is 0.264 e. The number of ether oxygens (including phenoxy) is 1. The van der Waals surface area contributed by atoms with Gasteiger partial charge < -0.3 is 15.0 Å². The summed E-state index contributed by atoms with van der Waals surface area (Å²) in [6, 6.07) is 37.4. The van der Waals surface area contributed by atoms with Gasteiger partial charge in [0.25, 0.3) is 10.0 Å². The fraction of sp³-hybridized carbons (Fsp3) is 0.179. The van der Waals surface area contributed by atoms with Gasteiger partial charge in [-0.1, -0.05) is 91.9 Å². The van der Waals surface area contributed by atoms with E-state index < -0.39 is 40.2 Å². The number of para-hydroxylation sites is 1. The molecule has 0 radical (unpaired) electrons. The van der Waals surface area contributed by atoms with Crippen LogP contribution in [-0.2, 0) is 32.6 Å². The molecule has 1 atom stereocenters. The van der Waals surface area contributed by atoms with Crippen LogP contribution in [-0.4, -0.2) is 44.3 Å². The van der Waals surface area contributed by atoms with Crippen molar-refractivity contribution in [1.29, 1.82) is 0 Å². The SMILES string of the molecule is CCCNC(=O)C(Cc1ccccc1)N(Cc1ccccc1F)C(=O)CN(c1ccc(Oc2ccccc2)cc1)S(=O)(=O)c1ccccc1. The lowest BCUT2D eigenvalue weighted by Crippen LogP contribution is -2.53. The summed E-state index contributed by atoms with van der Waals surface area (Å²) >= 11 is 0. The average molecular weight is 680 g/mol. The molecule has 5 rings (SSSR count). The van der Waals surface area contributed by atoms with Crippen LogP contribution in [0.3, 0.4) is 0 Å². The zero-order chi connectivity index (χ0) is 34.6. The Morgan fingerprint density at radius 2 is 1.33 bits per heavy atom. The summed E-state index contributed by atoms with van der Waals surface area (Å²) < 4.78 is 50.4. The van der Waals surface area contributed by atoms with Gasteiger partial charge in [-0.05, 0) is 66.6 Å². The lowest BCUT2D eigenvalue weighted by atomic mass is 10.0. The highest BCUT2D eigenvalue weighted by Crippen LogP contribution is 2.29. The van der Waals surface area contributed by atoms with Gasteiger partial charge in [-0.3, -0.25) is 13.9 Å². The Bertz CT molecular complexity index is 1930. The van der Waals surface area contributed by atoms with Crippen LogP contribution in [0.5, 0.6) is 11.5 Å². The van der Waals surface area contributed by atoms with E-state index >= 15 is 4.39 Å². The number of carbonyl (C=O) groups is 2. The van der Waals surface area contributed by atoms with Crippen LogP contribution in [0, 0.1) is 5.82 Å². The highest BCUT2D eigenvalue weighted by atomic mass is 32.2. The smallest absolute Gasteiger partial charge is 0.264 e. The molecule has 0 aliphatic rings. The van der Waals surface area contributed by atoms with Gasteiger partial charge in [-0.15, -0.1) is 0 Å². The van der Waals surface area contributed by atoms with Crippen molar-refractivity contribution in [2.24, 2.45) is 0 Å². The minimum Gasteiger partial charge on any atom is -0.457 e. The molecule has 0 aliphatic carbocycles. The molecule has 0 saturated heterocycles. The normalized spacial score (nSPS) is 11.7. The van der Waals surface area contributed by atoms with E-state index in [1.807, 2.05) is 55.5 Å². The summed E-state index contributed by atoms with van der Waals surface area (Å²) in [5, 5.41) is 2.88. The maximum atomic E-state index is 15.1. The zero-order valence-corrected chi connectivity index (χ0v) is 27.9. The van der Waals surface area contributed by atoms with E-state index in [1.54, 1.807) is 72.8 Å². The third-order valence-corrected chi connectivity index (χ3v) is 9.62. The van der Waals surface area contributed by atoms with Crippen molar-refractivity contribution in [3.05, 3.63) is 156 Å². The number of nitrogens with one attached hydrogen (secondary N) is 1. The topological polar surface area (TPSA) is 96.0 Å². The first-order valence-electron chi connectivity index (χ1n) is 16.0. The van der Waals surface area contributed by atoms with Crippen molar-refractivity contribution in [1.82, 2.24) is 10.2 Å². The molecule has 0 bridgehead atoms. The second-order valence-corrected chi connectivity index (χ2v) is 13.2.